The number of likely N-dealkylation sites (N-methyl/N-ethyl adjacent to an activating group) is 1. The third-order valence-corrected chi connectivity index (χ3v) is 4.39. The summed E-state index contributed by atoms with van der Waals surface area (Å²) in [6, 6.07) is 6.18. The van der Waals surface area contributed by atoms with E-state index >= 15 is 0 Å². The molecule has 3 N–H and O–H groups in total. The molecular weight excluding hydrogens is 258 g/mol. The first-order valence-corrected chi connectivity index (χ1v) is 7.23. The van der Waals surface area contributed by atoms with Crippen LogP contribution in [0.4, 0.5) is 0 Å². The van der Waals surface area contributed by atoms with Gasteiger partial charge in [-0.05, 0) is 51.1 Å². The van der Waals surface area contributed by atoms with Crippen LogP contribution in [0.2, 0.25) is 5.02 Å². The van der Waals surface area contributed by atoms with Gasteiger partial charge in [0.1, 0.15) is 0 Å². The van der Waals surface area contributed by atoms with Crippen molar-refractivity contribution in [1.29, 1.82) is 0 Å². The van der Waals surface area contributed by atoms with Crippen LogP contribution < -0.4 is 11.3 Å². The monoisotopic (exact) mass is 283 g/mol. The lowest BCUT2D eigenvalue weighted by molar-refractivity contribution is 0.0913. The Balaban J connectivity index is 3.14. The Hall–Kier alpha value is -0.610. The average Bonchev–Trinajstić information content (AvgIpc) is 2.35. The highest BCUT2D eigenvalue weighted by molar-refractivity contribution is 6.31. The number of nitrogens with two attached hydrogens (primary N) is 1. The molecule has 1 unspecified atom stereocenters. The van der Waals surface area contributed by atoms with Crippen LogP contribution in [0, 0.1) is 6.92 Å². The van der Waals surface area contributed by atoms with Crippen LogP contribution in [0.5, 0.6) is 0 Å². The molecule has 1 aromatic carbocycles. The number of hydrogen-bond acceptors (Lipinski definition) is 3. The van der Waals surface area contributed by atoms with E-state index in [1.165, 1.54) is 0 Å². The number of nitrogens with zero attached hydrogens (tertiary/aromatic N) is 1. The van der Waals surface area contributed by atoms with Crippen molar-refractivity contribution in [1.82, 2.24) is 10.3 Å². The van der Waals surface area contributed by atoms with E-state index in [1.54, 1.807) is 0 Å². The molecule has 0 aliphatic carbocycles. The van der Waals surface area contributed by atoms with Crippen molar-refractivity contribution in [2.75, 3.05) is 13.1 Å². The van der Waals surface area contributed by atoms with Crippen molar-refractivity contribution in [2.45, 2.75) is 46.2 Å². The summed E-state index contributed by atoms with van der Waals surface area (Å²) in [5, 5.41) is 0.785. The fourth-order valence-corrected chi connectivity index (χ4v) is 2.91. The first-order chi connectivity index (χ1) is 8.88. The summed E-state index contributed by atoms with van der Waals surface area (Å²) in [4.78, 5) is 2.39. The van der Waals surface area contributed by atoms with Crippen LogP contribution in [0.15, 0.2) is 18.2 Å². The zero-order valence-corrected chi connectivity index (χ0v) is 13.4. The highest BCUT2D eigenvalue weighted by atomic mass is 35.5. The fraction of sp³-hybridized carbons (Fsp3) is 0.600. The SMILES string of the molecule is CCN(CC)C(C)(C)C(NN)c1ccc(C)c(Cl)c1. The van der Waals surface area contributed by atoms with Crippen LogP contribution >= 0.6 is 11.6 Å². The third-order valence-electron chi connectivity index (χ3n) is 3.98. The van der Waals surface area contributed by atoms with E-state index in [0.29, 0.717) is 0 Å². The highest BCUT2D eigenvalue weighted by Gasteiger charge is 2.34. The van der Waals surface area contributed by atoms with Gasteiger partial charge in [-0.2, -0.15) is 0 Å². The van der Waals surface area contributed by atoms with E-state index in [4.69, 9.17) is 17.4 Å². The van der Waals surface area contributed by atoms with Crippen LogP contribution in [0.3, 0.4) is 0 Å². The molecule has 108 valence electrons. The second kappa shape index (κ2) is 6.71. The van der Waals surface area contributed by atoms with Crippen LogP contribution in [0.1, 0.15) is 44.9 Å². The maximum absolute atomic E-state index is 6.23. The molecule has 3 nitrogen and oxygen atoms in total. The van der Waals surface area contributed by atoms with E-state index in [9.17, 15) is 0 Å². The van der Waals surface area contributed by atoms with Gasteiger partial charge in [0.15, 0.2) is 0 Å². The van der Waals surface area contributed by atoms with Gasteiger partial charge in [-0.3, -0.25) is 16.2 Å². The van der Waals surface area contributed by atoms with Crippen molar-refractivity contribution < 1.29 is 0 Å². The number of nitrogens with one attached hydrogen (secondary N) is 1. The van der Waals surface area contributed by atoms with Crippen LogP contribution in [-0.4, -0.2) is 23.5 Å². The van der Waals surface area contributed by atoms with E-state index < -0.39 is 0 Å². The minimum atomic E-state index is -0.0865. The molecule has 0 aliphatic rings. The number of aryl methyl sites for hydroxylation is 1. The van der Waals surface area contributed by atoms with E-state index in [0.717, 1.165) is 29.2 Å². The average molecular weight is 284 g/mol. The van der Waals surface area contributed by atoms with Crippen molar-refractivity contribution in [3.63, 3.8) is 0 Å². The molecule has 0 spiro atoms. The normalized spacial score (nSPS) is 13.9. The summed E-state index contributed by atoms with van der Waals surface area (Å²) in [5.74, 6) is 5.81. The summed E-state index contributed by atoms with van der Waals surface area (Å²) in [6.45, 7) is 12.7. The number of hydrazine groups is 1. The molecule has 4 heteroatoms. The molecule has 0 fully saturated rings. The Bertz CT molecular complexity index is 414. The fourth-order valence-electron chi connectivity index (χ4n) is 2.72. The topological polar surface area (TPSA) is 41.3 Å². The highest BCUT2D eigenvalue weighted by Crippen LogP contribution is 2.32. The maximum atomic E-state index is 6.23. The second-order valence-electron chi connectivity index (χ2n) is 5.43. The minimum Gasteiger partial charge on any atom is -0.297 e. The van der Waals surface area contributed by atoms with Crippen molar-refractivity contribution in [3.05, 3.63) is 34.3 Å². The Morgan fingerprint density at radius 2 is 1.89 bits per heavy atom. The molecule has 0 radical (unpaired) electrons. The largest absolute Gasteiger partial charge is 0.297 e. The van der Waals surface area contributed by atoms with Gasteiger partial charge in [-0.1, -0.05) is 37.6 Å². The zero-order chi connectivity index (χ0) is 14.6. The van der Waals surface area contributed by atoms with Crippen LogP contribution in [-0.2, 0) is 0 Å². The van der Waals surface area contributed by atoms with Gasteiger partial charge in [0.05, 0.1) is 6.04 Å². The van der Waals surface area contributed by atoms with Gasteiger partial charge in [0.2, 0.25) is 0 Å². The molecule has 1 rings (SSSR count). The summed E-state index contributed by atoms with van der Waals surface area (Å²) in [6.07, 6.45) is 0. The lowest BCUT2D eigenvalue weighted by atomic mass is 9.87. The smallest absolute Gasteiger partial charge is 0.0639 e. The molecule has 0 bridgehead atoms. The van der Waals surface area contributed by atoms with Crippen LogP contribution in [0.25, 0.3) is 0 Å². The Labute approximate surface area is 122 Å². The quantitative estimate of drug-likeness (QED) is 0.622. The molecule has 0 aromatic heterocycles. The summed E-state index contributed by atoms with van der Waals surface area (Å²) in [5.41, 5.74) is 5.07. The first-order valence-electron chi connectivity index (χ1n) is 6.85. The molecule has 1 atom stereocenters. The van der Waals surface area contributed by atoms with E-state index in [1.807, 2.05) is 19.1 Å². The lowest BCUT2D eigenvalue weighted by Gasteiger charge is -2.43. The number of benzene rings is 1. The molecular formula is C15H26ClN3. The summed E-state index contributed by atoms with van der Waals surface area (Å²) < 4.78 is 0. The van der Waals surface area contributed by atoms with Crippen molar-refractivity contribution in [3.8, 4) is 0 Å². The summed E-state index contributed by atoms with van der Waals surface area (Å²) >= 11 is 6.23. The second-order valence-corrected chi connectivity index (χ2v) is 5.84. The van der Waals surface area contributed by atoms with Gasteiger partial charge in [-0.15, -0.1) is 0 Å². The minimum absolute atomic E-state index is 0.0329. The van der Waals surface area contributed by atoms with Crippen molar-refractivity contribution >= 4 is 11.6 Å². The molecule has 0 saturated heterocycles. The van der Waals surface area contributed by atoms with E-state index in [2.05, 4.69) is 44.1 Å². The third kappa shape index (κ3) is 3.48. The molecule has 0 saturated carbocycles. The van der Waals surface area contributed by atoms with Gasteiger partial charge < -0.3 is 0 Å². The molecule has 0 heterocycles. The molecule has 0 amide bonds. The Morgan fingerprint density at radius 3 is 2.32 bits per heavy atom. The maximum Gasteiger partial charge on any atom is 0.0639 e. The van der Waals surface area contributed by atoms with Gasteiger partial charge in [0, 0.05) is 10.6 Å². The Morgan fingerprint density at radius 1 is 1.32 bits per heavy atom. The van der Waals surface area contributed by atoms with Gasteiger partial charge in [-0.25, -0.2) is 0 Å². The van der Waals surface area contributed by atoms with Crippen molar-refractivity contribution in [2.24, 2.45) is 5.84 Å². The number of rotatable bonds is 6. The molecule has 19 heavy (non-hydrogen) atoms. The first kappa shape index (κ1) is 16.4. The van der Waals surface area contributed by atoms with E-state index in [-0.39, 0.29) is 11.6 Å². The van der Waals surface area contributed by atoms with Gasteiger partial charge >= 0.3 is 0 Å². The number of hydrogen-bond donors (Lipinski definition) is 2. The molecule has 0 aliphatic heterocycles. The summed E-state index contributed by atoms with van der Waals surface area (Å²) in [7, 11) is 0. The predicted octanol–water partition coefficient (Wildman–Crippen LogP) is 3.27. The van der Waals surface area contributed by atoms with Gasteiger partial charge in [0.25, 0.3) is 0 Å². The number of halogens is 1. The standard InChI is InChI=1S/C15H26ClN3/c1-6-19(7-2)15(4,5)14(18-17)12-9-8-11(3)13(16)10-12/h8-10,14,18H,6-7,17H2,1-5H3. The molecule has 1 aromatic rings. The zero-order valence-electron chi connectivity index (χ0n) is 12.6. The Kier molecular flexibility index (Phi) is 5.81. The lowest BCUT2D eigenvalue weighted by Crippen LogP contribution is -2.54. The predicted molar refractivity (Wildman–Crippen MR) is 83.3 cm³/mol.